The topological polar surface area (TPSA) is 85.4 Å². The minimum absolute atomic E-state index is 0.219. The average Bonchev–Trinajstić information content (AvgIpc) is 2.67. The number of aromatic nitrogens is 2. The van der Waals surface area contributed by atoms with Crippen LogP contribution in [0.25, 0.3) is 0 Å². The maximum Gasteiger partial charge on any atom is 0.274 e. The van der Waals surface area contributed by atoms with Gasteiger partial charge in [-0.3, -0.25) is 4.79 Å². The van der Waals surface area contributed by atoms with E-state index in [0.717, 1.165) is 0 Å². The van der Waals surface area contributed by atoms with Gasteiger partial charge in [0.2, 0.25) is 0 Å². The summed E-state index contributed by atoms with van der Waals surface area (Å²) >= 11 is 5.96. The lowest BCUT2D eigenvalue weighted by Crippen LogP contribution is -2.15. The predicted octanol–water partition coefficient (Wildman–Crippen LogP) is 4.45. The molecule has 1 aromatic heterocycles. The van der Waals surface area contributed by atoms with Gasteiger partial charge >= 0.3 is 0 Å². The summed E-state index contributed by atoms with van der Waals surface area (Å²) in [7, 11) is 3.15. The first-order valence-electron chi connectivity index (χ1n) is 8.40. The maximum atomic E-state index is 12.6. The van der Waals surface area contributed by atoms with Crippen molar-refractivity contribution in [3.63, 3.8) is 0 Å². The molecule has 3 aromatic rings. The van der Waals surface area contributed by atoms with E-state index in [4.69, 9.17) is 21.1 Å². The number of nitrogens with one attached hydrogen (secondary N) is 2. The largest absolute Gasteiger partial charge is 0.497 e. The molecular formula is C20H19ClN4O3. The molecule has 0 aliphatic heterocycles. The van der Waals surface area contributed by atoms with E-state index in [0.29, 0.717) is 39.5 Å². The Labute approximate surface area is 167 Å². The Kier molecular flexibility index (Phi) is 5.96. The molecule has 144 valence electrons. The van der Waals surface area contributed by atoms with Gasteiger partial charge in [-0.1, -0.05) is 17.7 Å². The minimum atomic E-state index is -0.367. The first kappa shape index (κ1) is 19.4. The fourth-order valence-corrected chi connectivity index (χ4v) is 2.75. The van der Waals surface area contributed by atoms with Crippen molar-refractivity contribution in [1.82, 2.24) is 9.97 Å². The predicted molar refractivity (Wildman–Crippen MR) is 109 cm³/mol. The Bertz CT molecular complexity index is 1010. The molecule has 7 nitrogen and oxygen atoms in total. The number of halogens is 1. The van der Waals surface area contributed by atoms with Crippen molar-refractivity contribution in [3.8, 4) is 11.5 Å². The third-order valence-corrected chi connectivity index (χ3v) is 4.06. The number of nitrogens with zero attached hydrogens (tertiary/aromatic N) is 2. The summed E-state index contributed by atoms with van der Waals surface area (Å²) in [5, 5.41) is 6.45. The number of anilines is 3. The molecule has 0 fully saturated rings. The standard InChI is InChI=1S/C20H19ClN4O3/c1-12-22-17(20(26)24-14-6-4-5-13(21)9-14)11-19(23-12)25-16-10-15(27-2)7-8-18(16)28-3/h4-11H,1-3H3,(H,24,26)(H,22,23,25). The Morgan fingerprint density at radius 3 is 2.57 bits per heavy atom. The lowest BCUT2D eigenvalue weighted by molar-refractivity contribution is 0.102. The van der Waals surface area contributed by atoms with Gasteiger partial charge in [0.05, 0.1) is 19.9 Å². The van der Waals surface area contributed by atoms with Crippen LogP contribution in [0.1, 0.15) is 16.3 Å². The van der Waals surface area contributed by atoms with Gasteiger partial charge < -0.3 is 20.1 Å². The minimum Gasteiger partial charge on any atom is -0.497 e. The van der Waals surface area contributed by atoms with E-state index in [-0.39, 0.29) is 11.6 Å². The van der Waals surface area contributed by atoms with Crippen LogP contribution in [0.15, 0.2) is 48.5 Å². The summed E-state index contributed by atoms with van der Waals surface area (Å²) in [5.41, 5.74) is 1.45. The number of aryl methyl sites for hydroxylation is 1. The van der Waals surface area contributed by atoms with Crippen LogP contribution < -0.4 is 20.1 Å². The van der Waals surface area contributed by atoms with Crippen LogP contribution in [0.5, 0.6) is 11.5 Å². The normalized spacial score (nSPS) is 10.3. The fourth-order valence-electron chi connectivity index (χ4n) is 2.56. The number of methoxy groups -OCH3 is 2. The van der Waals surface area contributed by atoms with Crippen LogP contribution in [0, 0.1) is 6.92 Å². The first-order valence-corrected chi connectivity index (χ1v) is 8.78. The van der Waals surface area contributed by atoms with Gasteiger partial charge in [0, 0.05) is 22.8 Å². The van der Waals surface area contributed by atoms with Crippen LogP contribution >= 0.6 is 11.6 Å². The molecule has 0 saturated heterocycles. The van der Waals surface area contributed by atoms with Crippen molar-refractivity contribution in [2.45, 2.75) is 6.92 Å². The van der Waals surface area contributed by atoms with Crippen LogP contribution in [0.4, 0.5) is 17.2 Å². The number of carbonyl (C=O) groups excluding carboxylic acids is 1. The van der Waals surface area contributed by atoms with Crippen molar-refractivity contribution in [2.75, 3.05) is 24.9 Å². The third-order valence-electron chi connectivity index (χ3n) is 3.82. The quantitative estimate of drug-likeness (QED) is 0.638. The van der Waals surface area contributed by atoms with Gasteiger partial charge in [0.25, 0.3) is 5.91 Å². The zero-order chi connectivity index (χ0) is 20.1. The molecule has 3 rings (SSSR count). The Morgan fingerprint density at radius 1 is 1.04 bits per heavy atom. The molecule has 0 aliphatic rings. The number of hydrogen-bond donors (Lipinski definition) is 2. The van der Waals surface area contributed by atoms with Crippen LogP contribution in [0.3, 0.4) is 0 Å². The summed E-state index contributed by atoms with van der Waals surface area (Å²) < 4.78 is 10.6. The van der Waals surface area contributed by atoms with Crippen LogP contribution in [0.2, 0.25) is 5.02 Å². The second-order valence-corrected chi connectivity index (χ2v) is 6.28. The zero-order valence-electron chi connectivity index (χ0n) is 15.6. The second-order valence-electron chi connectivity index (χ2n) is 5.84. The summed E-state index contributed by atoms with van der Waals surface area (Å²) in [4.78, 5) is 21.2. The number of ether oxygens (including phenoxy) is 2. The lowest BCUT2D eigenvalue weighted by Gasteiger charge is -2.13. The Morgan fingerprint density at radius 2 is 1.86 bits per heavy atom. The number of carbonyl (C=O) groups is 1. The molecule has 0 spiro atoms. The highest BCUT2D eigenvalue weighted by Gasteiger charge is 2.13. The van der Waals surface area contributed by atoms with Gasteiger partial charge in [0.1, 0.15) is 28.8 Å². The molecule has 0 atom stereocenters. The van der Waals surface area contributed by atoms with Crippen molar-refractivity contribution in [3.05, 3.63) is 65.1 Å². The van der Waals surface area contributed by atoms with Crippen LogP contribution in [-0.4, -0.2) is 30.1 Å². The third kappa shape index (κ3) is 4.69. The SMILES string of the molecule is COc1ccc(OC)c(Nc2cc(C(=O)Nc3cccc(Cl)c3)nc(C)n2)c1. The Balaban J connectivity index is 1.86. The van der Waals surface area contributed by atoms with E-state index in [9.17, 15) is 4.79 Å². The monoisotopic (exact) mass is 398 g/mol. The molecule has 1 amide bonds. The van der Waals surface area contributed by atoms with Gasteiger partial charge in [0.15, 0.2) is 0 Å². The fraction of sp³-hybridized carbons (Fsp3) is 0.150. The molecule has 0 bridgehead atoms. The molecule has 0 aliphatic carbocycles. The van der Waals surface area contributed by atoms with Crippen molar-refractivity contribution < 1.29 is 14.3 Å². The molecule has 0 radical (unpaired) electrons. The molecule has 2 aromatic carbocycles. The van der Waals surface area contributed by atoms with E-state index in [2.05, 4.69) is 20.6 Å². The smallest absolute Gasteiger partial charge is 0.274 e. The van der Waals surface area contributed by atoms with E-state index >= 15 is 0 Å². The molecule has 1 heterocycles. The first-order chi connectivity index (χ1) is 13.5. The summed E-state index contributed by atoms with van der Waals surface area (Å²) in [5.74, 6) is 1.81. The molecule has 8 heteroatoms. The van der Waals surface area contributed by atoms with Gasteiger partial charge in [-0.15, -0.1) is 0 Å². The van der Waals surface area contributed by atoms with Gasteiger partial charge in [-0.2, -0.15) is 0 Å². The molecule has 0 saturated carbocycles. The average molecular weight is 399 g/mol. The number of benzene rings is 2. The van der Waals surface area contributed by atoms with E-state index in [1.807, 2.05) is 0 Å². The highest BCUT2D eigenvalue weighted by atomic mass is 35.5. The highest BCUT2D eigenvalue weighted by Crippen LogP contribution is 2.31. The molecular weight excluding hydrogens is 380 g/mol. The number of hydrogen-bond acceptors (Lipinski definition) is 6. The molecule has 0 unspecified atom stereocenters. The van der Waals surface area contributed by atoms with E-state index < -0.39 is 0 Å². The summed E-state index contributed by atoms with van der Waals surface area (Å²) in [6.07, 6.45) is 0. The molecule has 28 heavy (non-hydrogen) atoms. The molecule has 2 N–H and O–H groups in total. The zero-order valence-corrected chi connectivity index (χ0v) is 16.4. The number of amides is 1. The summed E-state index contributed by atoms with van der Waals surface area (Å²) in [6.45, 7) is 1.71. The Hall–Kier alpha value is -3.32. The lowest BCUT2D eigenvalue weighted by atomic mass is 10.2. The van der Waals surface area contributed by atoms with Crippen molar-refractivity contribution >= 4 is 34.7 Å². The maximum absolute atomic E-state index is 12.6. The van der Waals surface area contributed by atoms with Crippen molar-refractivity contribution in [1.29, 1.82) is 0 Å². The van der Waals surface area contributed by atoms with Crippen molar-refractivity contribution in [2.24, 2.45) is 0 Å². The highest BCUT2D eigenvalue weighted by molar-refractivity contribution is 6.30. The summed E-state index contributed by atoms with van der Waals surface area (Å²) in [6, 6.07) is 13.8. The number of rotatable bonds is 6. The van der Waals surface area contributed by atoms with Crippen LogP contribution in [-0.2, 0) is 0 Å². The van der Waals surface area contributed by atoms with Gasteiger partial charge in [-0.25, -0.2) is 9.97 Å². The van der Waals surface area contributed by atoms with E-state index in [1.165, 1.54) is 0 Å². The van der Waals surface area contributed by atoms with Gasteiger partial charge in [-0.05, 0) is 37.3 Å². The second kappa shape index (κ2) is 8.58. The van der Waals surface area contributed by atoms with E-state index in [1.54, 1.807) is 69.7 Å².